The minimum Gasteiger partial charge on any atom is -0.495 e. The highest BCUT2D eigenvalue weighted by atomic mass is 16.5. The van der Waals surface area contributed by atoms with Gasteiger partial charge in [-0.15, -0.1) is 0 Å². The van der Waals surface area contributed by atoms with Crippen LogP contribution in [0.4, 0.5) is 5.69 Å². The fraction of sp³-hybridized carbons (Fsp3) is 0.600. The lowest BCUT2D eigenvalue weighted by Gasteiger charge is -2.45. The molecular weight excluding hydrogens is 224 g/mol. The lowest BCUT2D eigenvalue weighted by molar-refractivity contribution is 0.204. The molecule has 2 fully saturated rings. The number of anilines is 1. The summed E-state index contributed by atoms with van der Waals surface area (Å²) in [6, 6.07) is 7.24. The van der Waals surface area contributed by atoms with Crippen LogP contribution in [0, 0.1) is 6.92 Å². The topological polar surface area (TPSA) is 15.7 Å². The van der Waals surface area contributed by atoms with E-state index in [-0.39, 0.29) is 0 Å². The first-order valence-electron chi connectivity index (χ1n) is 6.91. The molecule has 0 spiro atoms. The first-order chi connectivity index (χ1) is 8.78. The van der Waals surface area contributed by atoms with Crippen LogP contribution in [0.5, 0.6) is 5.75 Å². The minimum atomic E-state index is 0.763. The van der Waals surface area contributed by atoms with E-state index in [0.29, 0.717) is 0 Å². The first kappa shape index (κ1) is 11.8. The lowest BCUT2D eigenvalue weighted by Crippen LogP contribution is -2.58. The van der Waals surface area contributed by atoms with E-state index in [1.165, 1.54) is 37.2 Å². The van der Waals surface area contributed by atoms with Gasteiger partial charge in [-0.2, -0.15) is 0 Å². The Labute approximate surface area is 109 Å². The van der Waals surface area contributed by atoms with E-state index < -0.39 is 0 Å². The molecule has 1 aromatic rings. The Morgan fingerprint density at radius 1 is 1.17 bits per heavy atom. The van der Waals surface area contributed by atoms with E-state index >= 15 is 0 Å². The quantitative estimate of drug-likeness (QED) is 0.814. The van der Waals surface area contributed by atoms with Gasteiger partial charge in [-0.05, 0) is 50.6 Å². The van der Waals surface area contributed by atoms with Gasteiger partial charge in [0.1, 0.15) is 5.75 Å². The van der Waals surface area contributed by atoms with E-state index in [2.05, 4.69) is 34.9 Å². The van der Waals surface area contributed by atoms with Crippen molar-refractivity contribution in [3.8, 4) is 5.75 Å². The molecule has 2 saturated heterocycles. The summed E-state index contributed by atoms with van der Waals surface area (Å²) >= 11 is 0. The van der Waals surface area contributed by atoms with Crippen LogP contribution < -0.4 is 9.64 Å². The van der Waals surface area contributed by atoms with Crippen molar-refractivity contribution in [2.45, 2.75) is 25.8 Å². The van der Waals surface area contributed by atoms with Crippen molar-refractivity contribution in [3.63, 3.8) is 0 Å². The summed E-state index contributed by atoms with van der Waals surface area (Å²) in [5.41, 5.74) is 2.51. The van der Waals surface area contributed by atoms with Crippen molar-refractivity contribution in [1.29, 1.82) is 0 Å². The summed E-state index contributed by atoms with van der Waals surface area (Å²) in [7, 11) is 1.76. The number of ether oxygens (including phenoxy) is 1. The van der Waals surface area contributed by atoms with Gasteiger partial charge in [-0.25, -0.2) is 0 Å². The first-order valence-corrected chi connectivity index (χ1v) is 6.91. The molecule has 0 N–H and O–H groups in total. The van der Waals surface area contributed by atoms with Crippen LogP contribution >= 0.6 is 0 Å². The van der Waals surface area contributed by atoms with Gasteiger partial charge in [0.15, 0.2) is 0 Å². The van der Waals surface area contributed by atoms with Crippen molar-refractivity contribution in [2.24, 2.45) is 0 Å². The smallest absolute Gasteiger partial charge is 0.142 e. The van der Waals surface area contributed by atoms with E-state index in [1.807, 2.05) is 0 Å². The predicted octanol–water partition coefficient (Wildman–Crippen LogP) is 2.29. The third kappa shape index (κ3) is 2.07. The second-order valence-electron chi connectivity index (χ2n) is 5.48. The summed E-state index contributed by atoms with van der Waals surface area (Å²) in [5, 5.41) is 0. The maximum Gasteiger partial charge on any atom is 0.142 e. The Morgan fingerprint density at radius 2 is 1.89 bits per heavy atom. The standard InChI is InChI=1S/C15H22N2O/c1-12-5-6-14(15(9-12)18-2)17-10-13(11-17)16-7-3-4-8-16/h5-6,9,13H,3-4,7-8,10-11H2,1-2H3. The minimum absolute atomic E-state index is 0.763. The Hall–Kier alpha value is -1.22. The van der Waals surface area contributed by atoms with Crippen LogP contribution in [-0.2, 0) is 0 Å². The van der Waals surface area contributed by atoms with Crippen molar-refractivity contribution in [3.05, 3.63) is 23.8 Å². The van der Waals surface area contributed by atoms with Gasteiger partial charge in [-0.1, -0.05) is 6.07 Å². The Morgan fingerprint density at radius 3 is 2.56 bits per heavy atom. The second kappa shape index (κ2) is 4.81. The van der Waals surface area contributed by atoms with Gasteiger partial charge in [0, 0.05) is 19.1 Å². The van der Waals surface area contributed by atoms with Crippen LogP contribution in [0.15, 0.2) is 18.2 Å². The van der Waals surface area contributed by atoms with E-state index in [0.717, 1.165) is 24.9 Å². The summed E-state index contributed by atoms with van der Waals surface area (Å²) in [4.78, 5) is 5.07. The Bertz CT molecular complexity index is 421. The highest BCUT2D eigenvalue weighted by molar-refractivity contribution is 5.61. The summed E-state index contributed by atoms with van der Waals surface area (Å²) in [6.45, 7) is 7.00. The Kier molecular flexibility index (Phi) is 3.16. The molecule has 2 aliphatic heterocycles. The molecular formula is C15H22N2O. The van der Waals surface area contributed by atoms with Crippen molar-refractivity contribution in [2.75, 3.05) is 38.2 Å². The molecule has 0 atom stereocenters. The molecule has 18 heavy (non-hydrogen) atoms. The van der Waals surface area contributed by atoms with E-state index in [9.17, 15) is 0 Å². The van der Waals surface area contributed by atoms with Crippen molar-refractivity contribution >= 4 is 5.69 Å². The molecule has 0 unspecified atom stereocenters. The summed E-state index contributed by atoms with van der Waals surface area (Å²) in [5.74, 6) is 1.01. The zero-order chi connectivity index (χ0) is 12.5. The number of benzene rings is 1. The van der Waals surface area contributed by atoms with Crippen LogP contribution in [0.2, 0.25) is 0 Å². The van der Waals surface area contributed by atoms with Gasteiger partial charge in [0.2, 0.25) is 0 Å². The van der Waals surface area contributed by atoms with Crippen LogP contribution in [0.25, 0.3) is 0 Å². The average Bonchev–Trinajstić information content (AvgIpc) is 2.82. The van der Waals surface area contributed by atoms with E-state index in [1.54, 1.807) is 7.11 Å². The molecule has 0 radical (unpaired) electrons. The normalized spacial score (nSPS) is 21.1. The van der Waals surface area contributed by atoms with E-state index in [4.69, 9.17) is 4.74 Å². The molecule has 2 aliphatic rings. The van der Waals surface area contributed by atoms with Crippen LogP contribution in [0.1, 0.15) is 18.4 Å². The molecule has 0 aromatic heterocycles. The number of nitrogens with zero attached hydrogens (tertiary/aromatic N) is 2. The van der Waals surface area contributed by atoms with Gasteiger partial charge >= 0.3 is 0 Å². The number of aryl methyl sites for hydroxylation is 1. The molecule has 3 nitrogen and oxygen atoms in total. The fourth-order valence-corrected chi connectivity index (χ4v) is 3.04. The largest absolute Gasteiger partial charge is 0.495 e. The highest BCUT2D eigenvalue weighted by Crippen LogP contribution is 2.33. The second-order valence-corrected chi connectivity index (χ2v) is 5.48. The highest BCUT2D eigenvalue weighted by Gasteiger charge is 2.34. The molecule has 98 valence electrons. The van der Waals surface area contributed by atoms with Gasteiger partial charge in [0.25, 0.3) is 0 Å². The van der Waals surface area contributed by atoms with Gasteiger partial charge in [0.05, 0.1) is 12.8 Å². The number of methoxy groups -OCH3 is 1. The molecule has 3 rings (SSSR count). The monoisotopic (exact) mass is 246 g/mol. The number of hydrogen-bond donors (Lipinski definition) is 0. The predicted molar refractivity (Wildman–Crippen MR) is 74.5 cm³/mol. The van der Waals surface area contributed by atoms with Crippen molar-refractivity contribution < 1.29 is 4.74 Å². The third-order valence-corrected chi connectivity index (χ3v) is 4.20. The van der Waals surface area contributed by atoms with Gasteiger partial charge in [-0.3, -0.25) is 4.90 Å². The summed E-state index contributed by atoms with van der Waals surface area (Å²) in [6.07, 6.45) is 2.76. The maximum absolute atomic E-state index is 5.49. The fourth-order valence-electron chi connectivity index (χ4n) is 3.04. The molecule has 1 aromatic carbocycles. The van der Waals surface area contributed by atoms with Crippen molar-refractivity contribution in [1.82, 2.24) is 4.90 Å². The van der Waals surface area contributed by atoms with Crippen LogP contribution in [0.3, 0.4) is 0 Å². The lowest BCUT2D eigenvalue weighted by atomic mass is 10.0. The number of rotatable bonds is 3. The SMILES string of the molecule is COc1cc(C)ccc1N1CC(N2CCCC2)C1. The van der Waals surface area contributed by atoms with Crippen LogP contribution in [-0.4, -0.2) is 44.2 Å². The molecule has 2 heterocycles. The molecule has 3 heteroatoms. The third-order valence-electron chi connectivity index (χ3n) is 4.20. The molecule has 0 bridgehead atoms. The van der Waals surface area contributed by atoms with Gasteiger partial charge < -0.3 is 9.64 Å². The zero-order valence-corrected chi connectivity index (χ0v) is 11.4. The maximum atomic E-state index is 5.49. The molecule has 0 amide bonds. The number of likely N-dealkylation sites (tertiary alicyclic amines) is 1. The number of hydrogen-bond acceptors (Lipinski definition) is 3. The zero-order valence-electron chi connectivity index (χ0n) is 11.4. The molecule has 0 aliphatic carbocycles. The Balaban J connectivity index is 1.67. The summed E-state index contributed by atoms with van der Waals surface area (Å²) < 4.78 is 5.49. The molecule has 0 saturated carbocycles. The average molecular weight is 246 g/mol.